The van der Waals surface area contributed by atoms with Gasteiger partial charge in [-0.1, -0.05) is 0 Å². The third-order valence-corrected chi connectivity index (χ3v) is 3.96. The van der Waals surface area contributed by atoms with Crippen molar-refractivity contribution in [2.75, 3.05) is 24.7 Å². The number of nitrogens with zero attached hydrogens (tertiary/aromatic N) is 3. The van der Waals surface area contributed by atoms with Gasteiger partial charge in [-0.25, -0.2) is 8.42 Å². The van der Waals surface area contributed by atoms with Crippen molar-refractivity contribution >= 4 is 21.6 Å². The molecule has 0 aromatic heterocycles. The van der Waals surface area contributed by atoms with Crippen LogP contribution < -0.4 is 0 Å². The Bertz CT molecular complexity index is 337. The molecule has 0 fully saturated rings. The lowest BCUT2D eigenvalue weighted by molar-refractivity contribution is 0.426. The second kappa shape index (κ2) is 7.47. The van der Waals surface area contributed by atoms with E-state index in [1.807, 2.05) is 12.1 Å². The second-order valence-corrected chi connectivity index (χ2v) is 5.19. The van der Waals surface area contributed by atoms with Gasteiger partial charge in [0.2, 0.25) is 10.0 Å². The van der Waals surface area contributed by atoms with Crippen LogP contribution in [0.5, 0.6) is 0 Å². The van der Waals surface area contributed by atoms with Crippen LogP contribution in [0.15, 0.2) is 0 Å². The SMILES string of the molecule is N#CCCN(CCC#N)S(=O)(=O)CCCl. The maximum absolute atomic E-state index is 11.6. The highest BCUT2D eigenvalue weighted by atomic mass is 35.5. The Balaban J connectivity index is 4.48. The predicted octanol–water partition coefficient (Wildman–Crippen LogP) is 0.684. The van der Waals surface area contributed by atoms with Crippen LogP contribution >= 0.6 is 11.6 Å². The van der Waals surface area contributed by atoms with Gasteiger partial charge in [0.25, 0.3) is 0 Å². The summed E-state index contributed by atoms with van der Waals surface area (Å²) in [5.74, 6) is -0.149. The minimum Gasteiger partial charge on any atom is -0.212 e. The molecule has 0 N–H and O–H groups in total. The summed E-state index contributed by atoms with van der Waals surface area (Å²) in [6.07, 6.45) is 0.236. The zero-order valence-corrected chi connectivity index (χ0v) is 9.76. The van der Waals surface area contributed by atoms with Crippen LogP contribution in [0.3, 0.4) is 0 Å². The Kier molecular flexibility index (Phi) is 7.06. The van der Waals surface area contributed by atoms with Gasteiger partial charge < -0.3 is 0 Å². The van der Waals surface area contributed by atoms with Crippen molar-refractivity contribution in [2.24, 2.45) is 0 Å². The molecule has 84 valence electrons. The molecule has 0 spiro atoms. The first-order chi connectivity index (χ1) is 7.08. The zero-order valence-electron chi connectivity index (χ0n) is 8.19. The molecule has 15 heavy (non-hydrogen) atoms. The van der Waals surface area contributed by atoms with Crippen LogP contribution in [-0.4, -0.2) is 37.4 Å². The highest BCUT2D eigenvalue weighted by molar-refractivity contribution is 7.89. The summed E-state index contributed by atoms with van der Waals surface area (Å²) in [4.78, 5) is 0. The van der Waals surface area contributed by atoms with Gasteiger partial charge in [0.15, 0.2) is 0 Å². The van der Waals surface area contributed by atoms with Crippen LogP contribution in [0.2, 0.25) is 0 Å². The fourth-order valence-electron chi connectivity index (χ4n) is 0.966. The summed E-state index contributed by atoms with van der Waals surface area (Å²) in [6, 6.07) is 3.73. The zero-order chi connectivity index (χ0) is 11.7. The molecule has 0 unspecified atom stereocenters. The molecule has 0 aromatic carbocycles. The number of rotatable bonds is 7. The van der Waals surface area contributed by atoms with Crippen molar-refractivity contribution in [3.63, 3.8) is 0 Å². The van der Waals surface area contributed by atoms with Crippen molar-refractivity contribution < 1.29 is 8.42 Å². The van der Waals surface area contributed by atoms with Crippen molar-refractivity contribution in [1.82, 2.24) is 4.31 Å². The van der Waals surface area contributed by atoms with E-state index in [2.05, 4.69) is 0 Å². The standard InChI is InChI=1S/C8H12ClN3O2S/c9-3-8-15(13,14)12(6-1-4-10)7-2-5-11/h1-3,6-8H2. The van der Waals surface area contributed by atoms with E-state index < -0.39 is 10.0 Å². The Morgan fingerprint density at radius 2 is 1.60 bits per heavy atom. The largest absolute Gasteiger partial charge is 0.215 e. The maximum Gasteiger partial charge on any atom is 0.215 e. The first-order valence-electron chi connectivity index (χ1n) is 4.36. The third kappa shape index (κ3) is 5.58. The van der Waals surface area contributed by atoms with E-state index in [9.17, 15) is 8.42 Å². The quantitative estimate of drug-likeness (QED) is 0.621. The molecule has 0 saturated carbocycles. The Hall–Kier alpha value is -0.820. The molecule has 0 radical (unpaired) electrons. The van der Waals surface area contributed by atoms with E-state index in [0.29, 0.717) is 0 Å². The second-order valence-electron chi connectivity index (χ2n) is 2.72. The monoisotopic (exact) mass is 249 g/mol. The Morgan fingerprint density at radius 3 is 1.93 bits per heavy atom. The smallest absolute Gasteiger partial charge is 0.212 e. The van der Waals surface area contributed by atoms with Crippen LogP contribution in [0.1, 0.15) is 12.8 Å². The average Bonchev–Trinajstić information content (AvgIpc) is 2.17. The van der Waals surface area contributed by atoms with Gasteiger partial charge in [0.1, 0.15) is 0 Å². The maximum atomic E-state index is 11.6. The highest BCUT2D eigenvalue weighted by Gasteiger charge is 2.20. The first-order valence-corrected chi connectivity index (χ1v) is 6.50. The van der Waals surface area contributed by atoms with E-state index in [0.717, 1.165) is 4.31 Å². The van der Waals surface area contributed by atoms with Gasteiger partial charge in [0.05, 0.1) is 17.9 Å². The lowest BCUT2D eigenvalue weighted by atomic mass is 10.4. The molecule has 7 heteroatoms. The van der Waals surface area contributed by atoms with E-state index >= 15 is 0 Å². The van der Waals surface area contributed by atoms with Crippen molar-refractivity contribution in [3.8, 4) is 12.1 Å². The van der Waals surface area contributed by atoms with Gasteiger partial charge in [-0.05, 0) is 0 Å². The molecule has 5 nitrogen and oxygen atoms in total. The summed E-state index contributed by atoms with van der Waals surface area (Å²) < 4.78 is 24.3. The van der Waals surface area contributed by atoms with E-state index in [1.165, 1.54) is 0 Å². The minimum atomic E-state index is -3.42. The van der Waals surface area contributed by atoms with Crippen molar-refractivity contribution in [1.29, 1.82) is 10.5 Å². The first kappa shape index (κ1) is 14.2. The number of sulfonamides is 1. The molecule has 0 aliphatic rings. The van der Waals surface area contributed by atoms with E-state index in [-0.39, 0.29) is 37.6 Å². The Labute approximate surface area is 94.9 Å². The molecule has 0 amide bonds. The van der Waals surface area contributed by atoms with Gasteiger partial charge in [-0.3, -0.25) is 0 Å². The molecule has 0 bridgehead atoms. The number of alkyl halides is 1. The van der Waals surface area contributed by atoms with Gasteiger partial charge in [-0.15, -0.1) is 11.6 Å². The molecule has 0 heterocycles. The number of hydrogen-bond acceptors (Lipinski definition) is 4. The van der Waals surface area contributed by atoms with Gasteiger partial charge in [0, 0.05) is 31.8 Å². The summed E-state index contributed by atoms with van der Waals surface area (Å²) in [6.45, 7) is 0.245. The molecule has 0 rings (SSSR count). The third-order valence-electron chi connectivity index (χ3n) is 1.67. The van der Waals surface area contributed by atoms with Gasteiger partial charge in [-0.2, -0.15) is 14.8 Å². The normalized spacial score (nSPS) is 10.9. The predicted molar refractivity (Wildman–Crippen MR) is 56.5 cm³/mol. The minimum absolute atomic E-state index is 0.0118. The van der Waals surface area contributed by atoms with Gasteiger partial charge >= 0.3 is 0 Å². The summed E-state index contributed by atoms with van der Waals surface area (Å²) in [7, 11) is -3.42. The Morgan fingerprint density at radius 1 is 1.13 bits per heavy atom. The van der Waals surface area contributed by atoms with Crippen LogP contribution in [0.4, 0.5) is 0 Å². The van der Waals surface area contributed by atoms with Crippen molar-refractivity contribution in [2.45, 2.75) is 12.8 Å². The number of nitriles is 2. The molecule has 0 atom stereocenters. The number of hydrogen-bond donors (Lipinski definition) is 0. The van der Waals surface area contributed by atoms with E-state index in [1.54, 1.807) is 0 Å². The summed E-state index contributed by atoms with van der Waals surface area (Å²) in [5, 5.41) is 16.7. The van der Waals surface area contributed by atoms with E-state index in [4.69, 9.17) is 22.1 Å². The topological polar surface area (TPSA) is 85.0 Å². The molecular weight excluding hydrogens is 238 g/mol. The molecule has 0 aromatic rings. The fraction of sp³-hybridized carbons (Fsp3) is 0.750. The van der Waals surface area contributed by atoms with Crippen LogP contribution in [-0.2, 0) is 10.0 Å². The summed E-state index contributed by atoms with van der Waals surface area (Å²) in [5.41, 5.74) is 0. The van der Waals surface area contributed by atoms with Crippen LogP contribution in [0, 0.1) is 22.7 Å². The molecule has 0 saturated heterocycles. The summed E-state index contributed by atoms with van der Waals surface area (Å²) >= 11 is 5.36. The highest BCUT2D eigenvalue weighted by Crippen LogP contribution is 2.04. The lowest BCUT2D eigenvalue weighted by Gasteiger charge is -2.18. The molecular formula is C8H12ClN3O2S. The molecule has 0 aliphatic heterocycles. The fourth-order valence-corrected chi connectivity index (χ4v) is 2.74. The molecule has 0 aliphatic carbocycles. The number of halogens is 1. The lowest BCUT2D eigenvalue weighted by Crippen LogP contribution is -2.35. The van der Waals surface area contributed by atoms with Crippen LogP contribution in [0.25, 0.3) is 0 Å². The average molecular weight is 250 g/mol. The van der Waals surface area contributed by atoms with Crippen molar-refractivity contribution in [3.05, 3.63) is 0 Å².